The summed E-state index contributed by atoms with van der Waals surface area (Å²) in [5.74, 6) is -0.625. The van der Waals surface area contributed by atoms with Crippen LogP contribution < -0.4 is 10.6 Å². The first kappa shape index (κ1) is 13.7. The van der Waals surface area contributed by atoms with Gasteiger partial charge in [0.25, 0.3) is 11.8 Å². The fraction of sp³-hybridized carbons (Fsp3) is 0.308. The SMILES string of the molecule is NC(=S)c1ccc(N2C(=O)C3CCC(O3)C2=O)c(Br)c1. The van der Waals surface area contributed by atoms with Crippen LogP contribution in [0.3, 0.4) is 0 Å². The second-order valence-electron chi connectivity index (χ2n) is 4.73. The molecule has 3 rings (SSSR count). The number of halogens is 1. The minimum absolute atomic E-state index is 0.261. The van der Waals surface area contributed by atoms with Gasteiger partial charge < -0.3 is 10.5 Å². The maximum atomic E-state index is 12.3. The van der Waals surface area contributed by atoms with Crippen LogP contribution in [0.4, 0.5) is 5.69 Å². The average Bonchev–Trinajstić information content (AvgIpc) is 2.85. The Balaban J connectivity index is 2.02. The third-order valence-corrected chi connectivity index (χ3v) is 4.36. The lowest BCUT2D eigenvalue weighted by molar-refractivity contribution is -0.146. The molecule has 1 aromatic carbocycles. The summed E-state index contributed by atoms with van der Waals surface area (Å²) in [7, 11) is 0. The van der Waals surface area contributed by atoms with E-state index in [1.54, 1.807) is 18.2 Å². The van der Waals surface area contributed by atoms with Crippen LogP contribution in [0.15, 0.2) is 22.7 Å². The van der Waals surface area contributed by atoms with Crippen molar-refractivity contribution >= 4 is 50.6 Å². The molecule has 2 aliphatic rings. The molecular weight excluding hydrogens is 344 g/mol. The van der Waals surface area contributed by atoms with E-state index in [1.165, 1.54) is 4.90 Å². The van der Waals surface area contributed by atoms with Crippen molar-refractivity contribution in [2.45, 2.75) is 25.0 Å². The van der Waals surface area contributed by atoms with Crippen molar-refractivity contribution in [3.63, 3.8) is 0 Å². The van der Waals surface area contributed by atoms with E-state index < -0.39 is 12.2 Å². The molecule has 2 aliphatic heterocycles. The van der Waals surface area contributed by atoms with Gasteiger partial charge in [0.15, 0.2) is 0 Å². The molecule has 0 spiro atoms. The van der Waals surface area contributed by atoms with Crippen LogP contribution in [0, 0.1) is 0 Å². The fourth-order valence-corrected chi connectivity index (χ4v) is 3.16. The molecule has 2 amide bonds. The molecule has 1 aromatic rings. The second kappa shape index (κ2) is 4.91. The average molecular weight is 355 g/mol. The normalized spacial score (nSPS) is 25.1. The monoisotopic (exact) mass is 354 g/mol. The van der Waals surface area contributed by atoms with Crippen LogP contribution in [0.25, 0.3) is 0 Å². The highest BCUT2D eigenvalue weighted by Gasteiger charge is 2.47. The number of thiocarbonyl (C=S) groups is 1. The number of carbonyl (C=O) groups is 2. The fourth-order valence-electron chi connectivity index (χ4n) is 2.48. The highest BCUT2D eigenvalue weighted by atomic mass is 79.9. The summed E-state index contributed by atoms with van der Waals surface area (Å²) in [6.45, 7) is 0. The van der Waals surface area contributed by atoms with Gasteiger partial charge in [-0.3, -0.25) is 9.59 Å². The van der Waals surface area contributed by atoms with E-state index in [-0.39, 0.29) is 16.8 Å². The molecule has 2 heterocycles. The number of hydrogen-bond acceptors (Lipinski definition) is 4. The summed E-state index contributed by atoms with van der Waals surface area (Å²) in [4.78, 5) is 26.0. The van der Waals surface area contributed by atoms with Gasteiger partial charge in [0.1, 0.15) is 17.2 Å². The number of fused-ring (bicyclic) bond motifs is 2. The molecule has 0 aromatic heterocycles. The van der Waals surface area contributed by atoms with Crippen LogP contribution in [0.2, 0.25) is 0 Å². The highest BCUT2D eigenvalue weighted by Crippen LogP contribution is 2.35. The molecule has 0 radical (unpaired) electrons. The van der Waals surface area contributed by atoms with Crippen LogP contribution in [-0.2, 0) is 14.3 Å². The number of imide groups is 1. The molecular formula is C13H11BrN2O3S. The zero-order valence-corrected chi connectivity index (χ0v) is 12.7. The van der Waals surface area contributed by atoms with Gasteiger partial charge in [0.05, 0.1) is 5.69 Å². The smallest absolute Gasteiger partial charge is 0.263 e. The zero-order chi connectivity index (χ0) is 14.4. The van der Waals surface area contributed by atoms with Gasteiger partial charge in [-0.1, -0.05) is 12.2 Å². The predicted molar refractivity (Wildman–Crippen MR) is 80.4 cm³/mol. The van der Waals surface area contributed by atoms with Crippen molar-refractivity contribution in [3.05, 3.63) is 28.2 Å². The Labute approximate surface area is 129 Å². The van der Waals surface area contributed by atoms with Gasteiger partial charge >= 0.3 is 0 Å². The van der Waals surface area contributed by atoms with Crippen molar-refractivity contribution in [1.82, 2.24) is 0 Å². The molecule has 2 saturated heterocycles. The molecule has 20 heavy (non-hydrogen) atoms. The molecule has 104 valence electrons. The number of amides is 2. The summed E-state index contributed by atoms with van der Waals surface area (Å²) in [6.07, 6.45) is 0.155. The summed E-state index contributed by atoms with van der Waals surface area (Å²) in [6, 6.07) is 5.06. The number of morpholine rings is 1. The number of ether oxygens (including phenoxy) is 1. The highest BCUT2D eigenvalue weighted by molar-refractivity contribution is 9.10. The van der Waals surface area contributed by atoms with Crippen LogP contribution in [-0.4, -0.2) is 29.0 Å². The summed E-state index contributed by atoms with van der Waals surface area (Å²) >= 11 is 8.27. The topological polar surface area (TPSA) is 72.6 Å². The van der Waals surface area contributed by atoms with E-state index >= 15 is 0 Å². The quantitative estimate of drug-likeness (QED) is 0.643. The van der Waals surface area contributed by atoms with Crippen molar-refractivity contribution in [2.24, 2.45) is 5.73 Å². The molecule has 2 bridgehead atoms. The largest absolute Gasteiger partial charge is 0.389 e. The number of carbonyl (C=O) groups excluding carboxylic acids is 2. The number of nitrogens with zero attached hydrogens (tertiary/aromatic N) is 1. The lowest BCUT2D eigenvalue weighted by Gasteiger charge is -2.30. The van der Waals surface area contributed by atoms with E-state index in [0.29, 0.717) is 28.6 Å². The maximum Gasteiger partial charge on any atom is 0.263 e. The minimum Gasteiger partial charge on any atom is -0.389 e. The number of benzene rings is 1. The molecule has 0 saturated carbocycles. The Morgan fingerprint density at radius 2 is 1.90 bits per heavy atom. The summed E-state index contributed by atoms with van der Waals surface area (Å²) in [5.41, 5.74) is 6.74. The first-order chi connectivity index (χ1) is 9.49. The Bertz CT molecular complexity index is 612. The number of anilines is 1. The Kier molecular flexibility index (Phi) is 3.35. The van der Waals surface area contributed by atoms with Crippen LogP contribution >= 0.6 is 28.1 Å². The Morgan fingerprint density at radius 1 is 1.30 bits per heavy atom. The number of nitrogens with two attached hydrogens (primary N) is 1. The minimum atomic E-state index is -0.514. The Hall–Kier alpha value is -1.31. The number of hydrogen-bond donors (Lipinski definition) is 1. The van der Waals surface area contributed by atoms with E-state index in [4.69, 9.17) is 22.7 Å². The third-order valence-electron chi connectivity index (χ3n) is 3.48. The van der Waals surface area contributed by atoms with Crippen molar-refractivity contribution < 1.29 is 14.3 Å². The second-order valence-corrected chi connectivity index (χ2v) is 6.03. The van der Waals surface area contributed by atoms with Crippen molar-refractivity contribution in [3.8, 4) is 0 Å². The number of rotatable bonds is 2. The molecule has 2 fully saturated rings. The predicted octanol–water partition coefficient (Wildman–Crippen LogP) is 1.50. The van der Waals surface area contributed by atoms with Gasteiger partial charge in [-0.25, -0.2) is 4.90 Å². The molecule has 2 unspecified atom stereocenters. The van der Waals surface area contributed by atoms with Gasteiger partial charge in [0, 0.05) is 10.0 Å². The Morgan fingerprint density at radius 3 is 2.40 bits per heavy atom. The van der Waals surface area contributed by atoms with Crippen molar-refractivity contribution in [1.29, 1.82) is 0 Å². The van der Waals surface area contributed by atoms with Crippen molar-refractivity contribution in [2.75, 3.05) is 4.90 Å². The maximum absolute atomic E-state index is 12.3. The van der Waals surface area contributed by atoms with Gasteiger partial charge in [-0.15, -0.1) is 0 Å². The van der Waals surface area contributed by atoms with E-state index in [2.05, 4.69) is 15.9 Å². The first-order valence-electron chi connectivity index (χ1n) is 6.11. The summed E-state index contributed by atoms with van der Waals surface area (Å²) in [5, 5.41) is 0. The molecule has 2 N–H and O–H groups in total. The lowest BCUT2D eigenvalue weighted by atomic mass is 10.1. The van der Waals surface area contributed by atoms with Gasteiger partial charge in [0.2, 0.25) is 0 Å². The van der Waals surface area contributed by atoms with Gasteiger partial charge in [-0.05, 0) is 47.0 Å². The first-order valence-corrected chi connectivity index (χ1v) is 7.32. The molecule has 5 nitrogen and oxygen atoms in total. The van der Waals surface area contributed by atoms with Gasteiger partial charge in [-0.2, -0.15) is 0 Å². The molecule has 0 aliphatic carbocycles. The van der Waals surface area contributed by atoms with Crippen LogP contribution in [0.1, 0.15) is 18.4 Å². The van der Waals surface area contributed by atoms with E-state index in [9.17, 15) is 9.59 Å². The standard InChI is InChI=1S/C13H11BrN2O3S/c14-7-5-6(11(15)20)1-2-8(7)16-12(17)9-3-4-10(19-9)13(16)18/h1-2,5,9-10H,3-4H2,(H2,15,20). The van der Waals surface area contributed by atoms with E-state index in [0.717, 1.165) is 0 Å². The third kappa shape index (κ3) is 2.06. The van der Waals surface area contributed by atoms with Crippen LogP contribution in [0.5, 0.6) is 0 Å². The molecule has 7 heteroatoms. The van der Waals surface area contributed by atoms with E-state index in [1.807, 2.05) is 0 Å². The lowest BCUT2D eigenvalue weighted by Crippen LogP contribution is -2.52. The zero-order valence-electron chi connectivity index (χ0n) is 10.3. The molecule has 2 atom stereocenters. The summed E-state index contributed by atoms with van der Waals surface area (Å²) < 4.78 is 5.98.